The van der Waals surface area contributed by atoms with Gasteiger partial charge in [0.25, 0.3) is 11.6 Å². The summed E-state index contributed by atoms with van der Waals surface area (Å²) in [6, 6.07) is 7.01. The highest BCUT2D eigenvalue weighted by Gasteiger charge is 2.15. The number of nitro groups is 1. The van der Waals surface area contributed by atoms with E-state index < -0.39 is 10.8 Å². The number of carbonyl (C=O) groups is 2. The average Bonchev–Trinajstić information content (AvgIpc) is 2.59. The Kier molecular flexibility index (Phi) is 6.56. The Morgan fingerprint density at radius 3 is 2.67 bits per heavy atom. The Balaban J connectivity index is 1.95. The molecular formula is C17H16ClN5O4. The van der Waals surface area contributed by atoms with E-state index in [-0.39, 0.29) is 28.6 Å². The van der Waals surface area contributed by atoms with Crippen LogP contribution in [0.3, 0.4) is 0 Å². The minimum Gasteiger partial charge on any atom is -0.310 e. The number of amides is 2. The molecule has 2 aromatic rings. The molecular weight excluding hydrogens is 374 g/mol. The van der Waals surface area contributed by atoms with Crippen LogP contribution < -0.4 is 10.7 Å². The number of carbonyl (C=O) groups excluding carboxylic acids is 2. The van der Waals surface area contributed by atoms with Crippen LogP contribution in [0, 0.1) is 17.0 Å². The maximum absolute atomic E-state index is 12.1. The number of non-ortho nitro benzene ring substituents is 1. The van der Waals surface area contributed by atoms with Crippen LogP contribution in [0.25, 0.3) is 0 Å². The maximum atomic E-state index is 12.1. The van der Waals surface area contributed by atoms with Crippen LogP contribution in [0.2, 0.25) is 5.02 Å². The second kappa shape index (κ2) is 8.86. The molecule has 0 aliphatic carbocycles. The van der Waals surface area contributed by atoms with Gasteiger partial charge >= 0.3 is 0 Å². The number of anilines is 1. The first-order valence-electron chi connectivity index (χ1n) is 7.76. The SMILES string of the molecule is C/C(CC(=O)Nc1cc(C)ccn1)=N/NC(=O)c1ccc([N+](=O)[O-])cc1Cl. The van der Waals surface area contributed by atoms with Crippen molar-refractivity contribution >= 4 is 40.6 Å². The highest BCUT2D eigenvalue weighted by Crippen LogP contribution is 2.22. The molecule has 1 aromatic heterocycles. The van der Waals surface area contributed by atoms with E-state index in [0.29, 0.717) is 11.5 Å². The number of hydrogen-bond donors (Lipinski definition) is 2. The highest BCUT2D eigenvalue weighted by atomic mass is 35.5. The topological polar surface area (TPSA) is 127 Å². The Labute approximate surface area is 159 Å². The van der Waals surface area contributed by atoms with Crippen molar-refractivity contribution in [2.75, 3.05) is 5.32 Å². The zero-order valence-corrected chi connectivity index (χ0v) is 15.3. The lowest BCUT2D eigenvalue weighted by Crippen LogP contribution is -2.22. The summed E-state index contributed by atoms with van der Waals surface area (Å²) in [4.78, 5) is 38.2. The fourth-order valence-corrected chi connectivity index (χ4v) is 2.33. The molecule has 0 aliphatic heterocycles. The summed E-state index contributed by atoms with van der Waals surface area (Å²) in [5.41, 5.74) is 3.39. The van der Waals surface area contributed by atoms with Gasteiger partial charge in [0.1, 0.15) is 5.82 Å². The Morgan fingerprint density at radius 1 is 1.30 bits per heavy atom. The van der Waals surface area contributed by atoms with Crippen molar-refractivity contribution in [3.63, 3.8) is 0 Å². The third-order valence-electron chi connectivity index (χ3n) is 3.36. The average molecular weight is 390 g/mol. The fraction of sp³-hybridized carbons (Fsp3) is 0.176. The molecule has 140 valence electrons. The lowest BCUT2D eigenvalue weighted by atomic mass is 10.2. The first kappa shape index (κ1) is 20.0. The number of pyridine rings is 1. The van der Waals surface area contributed by atoms with Crippen molar-refractivity contribution in [2.45, 2.75) is 20.3 Å². The number of nitrogens with zero attached hydrogens (tertiary/aromatic N) is 3. The molecule has 0 saturated carbocycles. The van der Waals surface area contributed by atoms with Crippen molar-refractivity contribution in [2.24, 2.45) is 5.10 Å². The first-order chi connectivity index (χ1) is 12.8. The molecule has 0 spiro atoms. The van der Waals surface area contributed by atoms with Crippen LogP contribution in [0.1, 0.15) is 29.3 Å². The van der Waals surface area contributed by atoms with Gasteiger partial charge in [-0.2, -0.15) is 5.10 Å². The van der Waals surface area contributed by atoms with E-state index in [4.69, 9.17) is 11.6 Å². The van der Waals surface area contributed by atoms with Crippen LogP contribution >= 0.6 is 11.6 Å². The number of halogens is 1. The Bertz CT molecular complexity index is 929. The van der Waals surface area contributed by atoms with E-state index in [1.54, 1.807) is 25.3 Å². The second-order valence-corrected chi connectivity index (χ2v) is 6.06. The number of nitrogens with one attached hydrogen (secondary N) is 2. The molecule has 1 aromatic carbocycles. The van der Waals surface area contributed by atoms with E-state index in [2.05, 4.69) is 20.8 Å². The number of nitro benzene ring substituents is 1. The zero-order chi connectivity index (χ0) is 20.0. The fourth-order valence-electron chi connectivity index (χ4n) is 2.07. The van der Waals surface area contributed by atoms with E-state index in [0.717, 1.165) is 11.6 Å². The molecule has 2 rings (SSSR count). The summed E-state index contributed by atoms with van der Waals surface area (Å²) in [6.45, 7) is 3.45. The number of aryl methyl sites for hydroxylation is 1. The molecule has 0 bridgehead atoms. The van der Waals surface area contributed by atoms with Crippen molar-refractivity contribution in [3.05, 3.63) is 62.8 Å². The lowest BCUT2D eigenvalue weighted by Gasteiger charge is -2.06. The van der Waals surface area contributed by atoms with Crippen LogP contribution in [0.4, 0.5) is 11.5 Å². The number of aromatic nitrogens is 1. The predicted molar refractivity (Wildman–Crippen MR) is 101 cm³/mol. The summed E-state index contributed by atoms with van der Waals surface area (Å²) in [7, 11) is 0. The molecule has 0 radical (unpaired) electrons. The lowest BCUT2D eigenvalue weighted by molar-refractivity contribution is -0.384. The van der Waals surface area contributed by atoms with E-state index in [1.165, 1.54) is 12.1 Å². The van der Waals surface area contributed by atoms with E-state index in [9.17, 15) is 19.7 Å². The second-order valence-electron chi connectivity index (χ2n) is 5.65. The van der Waals surface area contributed by atoms with Crippen LogP contribution in [-0.2, 0) is 4.79 Å². The van der Waals surface area contributed by atoms with Crippen molar-refractivity contribution < 1.29 is 14.5 Å². The molecule has 2 amide bonds. The monoisotopic (exact) mass is 389 g/mol. The van der Waals surface area contributed by atoms with Crippen molar-refractivity contribution in [1.82, 2.24) is 10.4 Å². The summed E-state index contributed by atoms with van der Waals surface area (Å²) in [5.74, 6) is -0.554. The van der Waals surface area contributed by atoms with E-state index in [1.807, 2.05) is 6.92 Å². The minimum atomic E-state index is -0.644. The summed E-state index contributed by atoms with van der Waals surface area (Å²) in [6.07, 6.45) is 1.53. The first-order valence-corrected chi connectivity index (χ1v) is 8.14. The van der Waals surface area contributed by atoms with Gasteiger partial charge in [-0.1, -0.05) is 11.6 Å². The molecule has 10 heteroatoms. The van der Waals surface area contributed by atoms with Gasteiger partial charge in [0.2, 0.25) is 5.91 Å². The molecule has 0 fully saturated rings. The smallest absolute Gasteiger partial charge is 0.272 e. The number of hydrogen-bond acceptors (Lipinski definition) is 6. The standard InChI is InChI=1S/C17H16ClN5O4/c1-10-5-6-19-15(7-10)20-16(24)8-11(2)21-22-17(25)13-4-3-12(23(26)27)9-14(13)18/h3-7,9H,8H2,1-2H3,(H,22,25)(H,19,20,24)/b21-11-. The van der Waals surface area contributed by atoms with Gasteiger partial charge in [-0.15, -0.1) is 0 Å². The van der Waals surface area contributed by atoms with E-state index >= 15 is 0 Å². The van der Waals surface area contributed by atoms with Gasteiger partial charge in [-0.25, -0.2) is 10.4 Å². The molecule has 2 N–H and O–H groups in total. The molecule has 9 nitrogen and oxygen atoms in total. The number of hydrazone groups is 1. The van der Waals surface area contributed by atoms with Crippen molar-refractivity contribution in [3.8, 4) is 0 Å². The third-order valence-corrected chi connectivity index (χ3v) is 3.67. The van der Waals surface area contributed by atoms with Crippen LogP contribution in [-0.4, -0.2) is 27.4 Å². The molecule has 0 atom stereocenters. The molecule has 0 aliphatic rings. The zero-order valence-electron chi connectivity index (χ0n) is 14.5. The molecule has 0 unspecified atom stereocenters. The Morgan fingerprint density at radius 2 is 2.04 bits per heavy atom. The quantitative estimate of drug-likeness (QED) is 0.446. The van der Waals surface area contributed by atoms with Crippen LogP contribution in [0.5, 0.6) is 0 Å². The predicted octanol–water partition coefficient (Wildman–Crippen LogP) is 3.09. The summed E-state index contributed by atoms with van der Waals surface area (Å²) >= 11 is 5.89. The molecule has 0 saturated heterocycles. The number of rotatable bonds is 6. The van der Waals surface area contributed by atoms with Gasteiger partial charge in [-0.3, -0.25) is 19.7 Å². The van der Waals surface area contributed by atoms with Crippen molar-refractivity contribution in [1.29, 1.82) is 0 Å². The summed E-state index contributed by atoms with van der Waals surface area (Å²) in [5, 5.41) is 17.1. The minimum absolute atomic E-state index is 0.0345. The van der Waals surface area contributed by atoms with Gasteiger partial charge in [0, 0.05) is 24.0 Å². The maximum Gasteiger partial charge on any atom is 0.272 e. The molecule has 1 heterocycles. The van der Waals surface area contributed by atoms with Gasteiger partial charge in [0.15, 0.2) is 0 Å². The third kappa shape index (κ3) is 5.86. The van der Waals surface area contributed by atoms with Gasteiger partial charge < -0.3 is 5.32 Å². The Hall–Kier alpha value is -3.33. The normalized spacial score (nSPS) is 11.0. The number of benzene rings is 1. The van der Waals surface area contributed by atoms with Crippen LogP contribution in [0.15, 0.2) is 41.6 Å². The highest BCUT2D eigenvalue weighted by molar-refractivity contribution is 6.34. The molecule has 27 heavy (non-hydrogen) atoms. The largest absolute Gasteiger partial charge is 0.310 e. The van der Waals surface area contributed by atoms with Gasteiger partial charge in [0.05, 0.1) is 21.9 Å². The summed E-state index contributed by atoms with van der Waals surface area (Å²) < 4.78 is 0. The van der Waals surface area contributed by atoms with Gasteiger partial charge in [-0.05, 0) is 37.6 Å².